The molecule has 4 rings (SSSR count). The number of pyridine rings is 1. The minimum atomic E-state index is 0.00408. The van der Waals surface area contributed by atoms with E-state index >= 15 is 0 Å². The van der Waals surface area contributed by atoms with E-state index in [1.807, 2.05) is 30.9 Å². The molecule has 0 aromatic carbocycles. The van der Waals surface area contributed by atoms with Gasteiger partial charge in [-0.25, -0.2) is 0 Å². The molecule has 2 aliphatic rings. The van der Waals surface area contributed by atoms with Crippen LogP contribution < -0.4 is 4.90 Å². The second-order valence-corrected chi connectivity index (χ2v) is 7.64. The maximum Gasteiger partial charge on any atom is 0.289 e. The number of aromatic nitrogens is 1. The van der Waals surface area contributed by atoms with Gasteiger partial charge in [-0.05, 0) is 64.0 Å². The maximum atomic E-state index is 12.8. The molecule has 6 nitrogen and oxygen atoms in total. The Morgan fingerprint density at radius 3 is 2.33 bits per heavy atom. The fourth-order valence-electron chi connectivity index (χ4n) is 4.06. The SMILES string of the molecule is Cc1cc(N2CCN(C(=O)c3ccc(CN4CCCC4)o3)CC2)cc(C)n1. The summed E-state index contributed by atoms with van der Waals surface area (Å²) in [5.41, 5.74) is 3.26. The van der Waals surface area contributed by atoms with Crippen LogP contribution in [0, 0.1) is 13.8 Å². The van der Waals surface area contributed by atoms with E-state index in [0.717, 1.165) is 49.9 Å². The van der Waals surface area contributed by atoms with Crippen LogP contribution in [0.15, 0.2) is 28.7 Å². The third kappa shape index (κ3) is 4.16. The topological polar surface area (TPSA) is 52.8 Å². The number of carbonyl (C=O) groups is 1. The minimum Gasteiger partial charge on any atom is -0.455 e. The molecule has 0 unspecified atom stereocenters. The number of rotatable bonds is 4. The van der Waals surface area contributed by atoms with E-state index in [-0.39, 0.29) is 5.91 Å². The lowest BCUT2D eigenvalue weighted by molar-refractivity contribution is 0.0711. The lowest BCUT2D eigenvalue weighted by Crippen LogP contribution is -2.48. The quantitative estimate of drug-likeness (QED) is 0.831. The normalized spacial score (nSPS) is 18.3. The minimum absolute atomic E-state index is 0.00408. The highest BCUT2D eigenvalue weighted by Gasteiger charge is 2.25. The Kier molecular flexibility index (Phi) is 5.16. The van der Waals surface area contributed by atoms with Gasteiger partial charge in [-0.3, -0.25) is 14.7 Å². The molecule has 6 heteroatoms. The van der Waals surface area contributed by atoms with E-state index in [1.54, 1.807) is 0 Å². The molecule has 0 saturated carbocycles. The number of anilines is 1. The monoisotopic (exact) mass is 368 g/mol. The number of piperazine rings is 1. The van der Waals surface area contributed by atoms with Gasteiger partial charge in [-0.1, -0.05) is 0 Å². The summed E-state index contributed by atoms with van der Waals surface area (Å²) in [6.07, 6.45) is 2.51. The molecule has 2 aromatic heterocycles. The Morgan fingerprint density at radius 1 is 1.00 bits per heavy atom. The average molecular weight is 368 g/mol. The molecule has 0 spiro atoms. The Hall–Kier alpha value is -2.34. The molecule has 2 aromatic rings. The average Bonchev–Trinajstić information content (AvgIpc) is 3.33. The van der Waals surface area contributed by atoms with Crippen molar-refractivity contribution in [2.45, 2.75) is 33.2 Å². The third-order valence-electron chi connectivity index (χ3n) is 5.45. The Bertz CT molecular complexity index is 782. The van der Waals surface area contributed by atoms with Gasteiger partial charge in [0, 0.05) is 43.3 Å². The van der Waals surface area contributed by atoms with Gasteiger partial charge >= 0.3 is 0 Å². The van der Waals surface area contributed by atoms with Crippen LogP contribution in [-0.2, 0) is 6.54 Å². The van der Waals surface area contributed by atoms with Crippen molar-refractivity contribution in [3.63, 3.8) is 0 Å². The van der Waals surface area contributed by atoms with Gasteiger partial charge in [0.05, 0.1) is 6.54 Å². The van der Waals surface area contributed by atoms with E-state index in [9.17, 15) is 4.79 Å². The van der Waals surface area contributed by atoms with Crippen molar-refractivity contribution in [2.75, 3.05) is 44.2 Å². The molecule has 2 fully saturated rings. The zero-order valence-corrected chi connectivity index (χ0v) is 16.3. The summed E-state index contributed by atoms with van der Waals surface area (Å²) >= 11 is 0. The number of hydrogen-bond donors (Lipinski definition) is 0. The lowest BCUT2D eigenvalue weighted by atomic mass is 10.2. The van der Waals surface area contributed by atoms with E-state index < -0.39 is 0 Å². The summed E-state index contributed by atoms with van der Waals surface area (Å²) < 4.78 is 5.85. The molecule has 0 atom stereocenters. The fourth-order valence-corrected chi connectivity index (χ4v) is 4.06. The highest BCUT2D eigenvalue weighted by Crippen LogP contribution is 2.20. The fraction of sp³-hybridized carbons (Fsp3) is 0.524. The standard InChI is InChI=1S/C21H28N4O2/c1-16-13-18(14-17(2)22-16)24-9-11-25(12-10-24)21(26)20-6-5-19(27-20)15-23-7-3-4-8-23/h5-6,13-14H,3-4,7-12,15H2,1-2H3. The van der Waals surface area contributed by atoms with E-state index in [2.05, 4.69) is 26.9 Å². The third-order valence-corrected chi connectivity index (χ3v) is 5.45. The Labute approximate surface area is 160 Å². The van der Waals surface area contributed by atoms with Crippen LogP contribution in [0.5, 0.6) is 0 Å². The second kappa shape index (κ2) is 7.72. The first-order valence-electron chi connectivity index (χ1n) is 9.89. The van der Waals surface area contributed by atoms with Gasteiger partial charge in [-0.15, -0.1) is 0 Å². The Balaban J connectivity index is 1.35. The highest BCUT2D eigenvalue weighted by molar-refractivity contribution is 5.91. The summed E-state index contributed by atoms with van der Waals surface area (Å²) in [5, 5.41) is 0. The van der Waals surface area contributed by atoms with Crippen LogP contribution in [0.2, 0.25) is 0 Å². The van der Waals surface area contributed by atoms with Crippen molar-refractivity contribution in [1.82, 2.24) is 14.8 Å². The van der Waals surface area contributed by atoms with Crippen molar-refractivity contribution in [3.8, 4) is 0 Å². The van der Waals surface area contributed by atoms with E-state index in [0.29, 0.717) is 18.8 Å². The molecule has 27 heavy (non-hydrogen) atoms. The summed E-state index contributed by atoms with van der Waals surface area (Å²) in [5.74, 6) is 1.36. The van der Waals surface area contributed by atoms with E-state index in [4.69, 9.17) is 4.42 Å². The number of nitrogens with zero attached hydrogens (tertiary/aromatic N) is 4. The number of likely N-dealkylation sites (tertiary alicyclic amines) is 1. The molecular weight excluding hydrogens is 340 g/mol. The van der Waals surface area contributed by atoms with E-state index in [1.165, 1.54) is 18.5 Å². The predicted molar refractivity (Wildman–Crippen MR) is 105 cm³/mol. The molecule has 2 saturated heterocycles. The predicted octanol–water partition coefficient (Wildman–Crippen LogP) is 2.85. The second-order valence-electron chi connectivity index (χ2n) is 7.64. The summed E-state index contributed by atoms with van der Waals surface area (Å²) in [6, 6.07) is 8.00. The highest BCUT2D eigenvalue weighted by atomic mass is 16.4. The molecule has 1 amide bonds. The van der Waals surface area contributed by atoms with Crippen LogP contribution >= 0.6 is 0 Å². The lowest BCUT2D eigenvalue weighted by Gasteiger charge is -2.36. The van der Waals surface area contributed by atoms with Crippen LogP contribution in [0.3, 0.4) is 0 Å². The van der Waals surface area contributed by atoms with Crippen LogP contribution in [0.4, 0.5) is 5.69 Å². The number of furan rings is 1. The largest absolute Gasteiger partial charge is 0.455 e. The van der Waals surface area contributed by atoms with Crippen molar-refractivity contribution >= 4 is 11.6 Å². The summed E-state index contributed by atoms with van der Waals surface area (Å²) in [7, 11) is 0. The Morgan fingerprint density at radius 2 is 1.67 bits per heavy atom. The van der Waals surface area contributed by atoms with Crippen molar-refractivity contribution in [2.24, 2.45) is 0 Å². The first-order chi connectivity index (χ1) is 13.1. The number of aryl methyl sites for hydroxylation is 2. The molecule has 4 heterocycles. The van der Waals surface area contributed by atoms with Crippen LogP contribution in [-0.4, -0.2) is 60.0 Å². The van der Waals surface area contributed by atoms with Crippen molar-refractivity contribution in [1.29, 1.82) is 0 Å². The van der Waals surface area contributed by atoms with Gasteiger partial charge in [0.15, 0.2) is 5.76 Å². The smallest absolute Gasteiger partial charge is 0.289 e. The van der Waals surface area contributed by atoms with Gasteiger partial charge in [0.2, 0.25) is 0 Å². The molecular formula is C21H28N4O2. The van der Waals surface area contributed by atoms with Gasteiger partial charge in [-0.2, -0.15) is 0 Å². The number of amides is 1. The van der Waals surface area contributed by atoms with Crippen molar-refractivity contribution < 1.29 is 9.21 Å². The maximum absolute atomic E-state index is 12.8. The molecule has 0 aliphatic carbocycles. The summed E-state index contributed by atoms with van der Waals surface area (Å²) in [6.45, 7) is 10.2. The van der Waals surface area contributed by atoms with Gasteiger partial charge in [0.1, 0.15) is 5.76 Å². The van der Waals surface area contributed by atoms with Crippen LogP contribution in [0.25, 0.3) is 0 Å². The van der Waals surface area contributed by atoms with Gasteiger partial charge in [0.25, 0.3) is 5.91 Å². The first-order valence-corrected chi connectivity index (χ1v) is 9.89. The van der Waals surface area contributed by atoms with Crippen molar-refractivity contribution in [3.05, 3.63) is 47.2 Å². The molecule has 0 radical (unpaired) electrons. The molecule has 0 bridgehead atoms. The molecule has 2 aliphatic heterocycles. The zero-order valence-electron chi connectivity index (χ0n) is 16.3. The number of hydrogen-bond acceptors (Lipinski definition) is 5. The first kappa shape index (κ1) is 18.0. The molecule has 144 valence electrons. The summed E-state index contributed by atoms with van der Waals surface area (Å²) in [4.78, 5) is 23.8. The van der Waals surface area contributed by atoms with Gasteiger partial charge < -0.3 is 14.2 Å². The number of carbonyl (C=O) groups excluding carboxylic acids is 1. The van der Waals surface area contributed by atoms with Crippen LogP contribution in [0.1, 0.15) is 40.5 Å². The zero-order chi connectivity index (χ0) is 18.8. The molecule has 0 N–H and O–H groups in total.